The SMILES string of the molecule is CN(CCN)C(=O)Nc1cccc(F)c1. The van der Waals surface area contributed by atoms with Crippen LogP contribution in [0.1, 0.15) is 0 Å². The number of amides is 2. The Hall–Kier alpha value is -1.62. The maximum Gasteiger partial charge on any atom is 0.321 e. The molecule has 4 nitrogen and oxygen atoms in total. The van der Waals surface area contributed by atoms with Gasteiger partial charge in [0, 0.05) is 25.8 Å². The third-order valence-electron chi connectivity index (χ3n) is 1.89. The Kier molecular flexibility index (Phi) is 4.05. The van der Waals surface area contributed by atoms with E-state index in [2.05, 4.69) is 5.32 Å². The summed E-state index contributed by atoms with van der Waals surface area (Å²) in [4.78, 5) is 12.9. The minimum atomic E-state index is -0.380. The van der Waals surface area contributed by atoms with Gasteiger partial charge in [0.25, 0.3) is 0 Å². The van der Waals surface area contributed by atoms with Crippen LogP contribution in [0.3, 0.4) is 0 Å². The largest absolute Gasteiger partial charge is 0.329 e. The molecule has 0 aliphatic heterocycles. The molecule has 0 aliphatic carbocycles. The number of hydrogen-bond acceptors (Lipinski definition) is 2. The topological polar surface area (TPSA) is 58.4 Å². The number of nitrogens with one attached hydrogen (secondary N) is 1. The molecule has 0 unspecified atom stereocenters. The lowest BCUT2D eigenvalue weighted by Gasteiger charge is -2.16. The van der Waals surface area contributed by atoms with E-state index in [9.17, 15) is 9.18 Å². The smallest absolute Gasteiger partial charge is 0.321 e. The van der Waals surface area contributed by atoms with Crippen molar-refractivity contribution < 1.29 is 9.18 Å². The van der Waals surface area contributed by atoms with Crippen molar-refractivity contribution in [1.29, 1.82) is 0 Å². The van der Waals surface area contributed by atoms with Gasteiger partial charge in [-0.25, -0.2) is 9.18 Å². The highest BCUT2D eigenvalue weighted by atomic mass is 19.1. The van der Waals surface area contributed by atoms with Gasteiger partial charge in [-0.15, -0.1) is 0 Å². The number of rotatable bonds is 3. The van der Waals surface area contributed by atoms with Gasteiger partial charge in [-0.3, -0.25) is 0 Å². The number of carbonyl (C=O) groups is 1. The molecule has 0 spiro atoms. The van der Waals surface area contributed by atoms with Crippen molar-refractivity contribution in [2.75, 3.05) is 25.5 Å². The van der Waals surface area contributed by atoms with Gasteiger partial charge in [-0.05, 0) is 18.2 Å². The number of nitrogens with two attached hydrogens (primary N) is 1. The van der Waals surface area contributed by atoms with Crippen molar-refractivity contribution in [2.24, 2.45) is 5.73 Å². The van der Waals surface area contributed by atoms with Crippen molar-refractivity contribution in [1.82, 2.24) is 4.90 Å². The van der Waals surface area contributed by atoms with E-state index < -0.39 is 0 Å². The third-order valence-corrected chi connectivity index (χ3v) is 1.89. The summed E-state index contributed by atoms with van der Waals surface area (Å²) in [5.41, 5.74) is 5.74. The predicted molar refractivity (Wildman–Crippen MR) is 57.1 cm³/mol. The summed E-state index contributed by atoms with van der Waals surface area (Å²) >= 11 is 0. The number of hydrogen-bond donors (Lipinski definition) is 2. The quantitative estimate of drug-likeness (QED) is 0.790. The van der Waals surface area contributed by atoms with Gasteiger partial charge in [-0.2, -0.15) is 0 Å². The molecular weight excluding hydrogens is 197 g/mol. The van der Waals surface area contributed by atoms with Gasteiger partial charge in [0.05, 0.1) is 0 Å². The molecule has 0 radical (unpaired) electrons. The van der Waals surface area contributed by atoms with Crippen molar-refractivity contribution in [3.63, 3.8) is 0 Å². The van der Waals surface area contributed by atoms with Crippen LogP contribution >= 0.6 is 0 Å². The maximum absolute atomic E-state index is 12.8. The first kappa shape index (κ1) is 11.5. The van der Waals surface area contributed by atoms with Gasteiger partial charge in [-0.1, -0.05) is 6.07 Å². The van der Waals surface area contributed by atoms with Crippen LogP contribution in [0, 0.1) is 5.82 Å². The molecule has 15 heavy (non-hydrogen) atoms. The molecule has 1 aromatic carbocycles. The number of anilines is 1. The van der Waals surface area contributed by atoms with Crippen LogP contribution in [-0.4, -0.2) is 31.1 Å². The first-order chi connectivity index (χ1) is 7.13. The zero-order valence-corrected chi connectivity index (χ0v) is 8.53. The van der Waals surface area contributed by atoms with Gasteiger partial charge < -0.3 is 16.0 Å². The zero-order chi connectivity index (χ0) is 11.3. The minimum Gasteiger partial charge on any atom is -0.329 e. The van der Waals surface area contributed by atoms with Crippen LogP contribution in [0.2, 0.25) is 0 Å². The van der Waals surface area contributed by atoms with Gasteiger partial charge in [0.1, 0.15) is 5.82 Å². The Morgan fingerprint density at radius 1 is 1.60 bits per heavy atom. The normalized spacial score (nSPS) is 9.80. The highest BCUT2D eigenvalue weighted by Gasteiger charge is 2.07. The number of halogens is 1. The molecule has 0 heterocycles. The van der Waals surface area contributed by atoms with E-state index in [4.69, 9.17) is 5.73 Å². The highest BCUT2D eigenvalue weighted by Crippen LogP contribution is 2.09. The molecule has 0 fully saturated rings. The lowest BCUT2D eigenvalue weighted by atomic mass is 10.3. The van der Waals surface area contributed by atoms with Crippen molar-refractivity contribution in [3.05, 3.63) is 30.1 Å². The summed E-state index contributed by atoms with van der Waals surface area (Å²) in [6.45, 7) is 0.855. The molecule has 0 atom stereocenters. The number of likely N-dealkylation sites (N-methyl/N-ethyl adjacent to an activating group) is 1. The summed E-state index contributed by atoms with van der Waals surface area (Å²) in [6, 6.07) is 5.43. The molecule has 0 aliphatic rings. The monoisotopic (exact) mass is 211 g/mol. The van der Waals surface area contributed by atoms with E-state index in [0.29, 0.717) is 18.8 Å². The van der Waals surface area contributed by atoms with Crippen LogP contribution in [-0.2, 0) is 0 Å². The molecule has 1 rings (SSSR count). The van der Waals surface area contributed by atoms with Crippen LogP contribution in [0.5, 0.6) is 0 Å². The van der Waals surface area contributed by atoms with Gasteiger partial charge in [0.2, 0.25) is 0 Å². The van der Waals surface area contributed by atoms with E-state index in [1.807, 2.05) is 0 Å². The van der Waals surface area contributed by atoms with E-state index in [1.165, 1.54) is 23.1 Å². The van der Waals surface area contributed by atoms with E-state index in [-0.39, 0.29) is 11.8 Å². The van der Waals surface area contributed by atoms with Crippen LogP contribution in [0.4, 0.5) is 14.9 Å². The Balaban J connectivity index is 2.58. The van der Waals surface area contributed by atoms with Gasteiger partial charge in [0.15, 0.2) is 0 Å². The molecule has 2 amide bonds. The second-order valence-electron chi connectivity index (χ2n) is 3.15. The van der Waals surface area contributed by atoms with Crippen molar-refractivity contribution in [2.45, 2.75) is 0 Å². The van der Waals surface area contributed by atoms with E-state index in [0.717, 1.165) is 0 Å². The Morgan fingerprint density at radius 2 is 2.33 bits per heavy atom. The van der Waals surface area contributed by atoms with Crippen LogP contribution < -0.4 is 11.1 Å². The standard InChI is InChI=1S/C10H14FN3O/c1-14(6-5-12)10(15)13-9-4-2-3-8(11)7-9/h2-4,7H,5-6,12H2,1H3,(H,13,15). The first-order valence-corrected chi connectivity index (χ1v) is 4.61. The van der Waals surface area contributed by atoms with Gasteiger partial charge >= 0.3 is 6.03 Å². The molecule has 1 aromatic rings. The summed E-state index contributed by atoms with van der Waals surface area (Å²) in [5, 5.41) is 2.56. The molecule has 0 bridgehead atoms. The average Bonchev–Trinajstić information content (AvgIpc) is 2.18. The summed E-state index contributed by atoms with van der Waals surface area (Å²) in [6.07, 6.45) is 0. The lowest BCUT2D eigenvalue weighted by Crippen LogP contribution is -2.35. The van der Waals surface area contributed by atoms with E-state index in [1.54, 1.807) is 13.1 Å². The average molecular weight is 211 g/mol. The summed E-state index contributed by atoms with van der Waals surface area (Å²) in [5.74, 6) is -0.380. The number of nitrogens with zero attached hydrogens (tertiary/aromatic N) is 1. The molecule has 82 valence electrons. The number of benzene rings is 1. The number of urea groups is 1. The fourth-order valence-corrected chi connectivity index (χ4v) is 1.08. The predicted octanol–water partition coefficient (Wildman–Crippen LogP) is 1.25. The molecule has 3 N–H and O–H groups in total. The minimum absolute atomic E-state index is 0.300. The van der Waals surface area contributed by atoms with E-state index >= 15 is 0 Å². The van der Waals surface area contributed by atoms with Crippen LogP contribution in [0.25, 0.3) is 0 Å². The second-order valence-corrected chi connectivity index (χ2v) is 3.15. The highest BCUT2D eigenvalue weighted by molar-refractivity contribution is 5.89. The molecular formula is C10H14FN3O. The van der Waals surface area contributed by atoms with Crippen molar-refractivity contribution >= 4 is 11.7 Å². The second kappa shape index (κ2) is 5.31. The van der Waals surface area contributed by atoms with Crippen molar-refractivity contribution in [3.8, 4) is 0 Å². The fraction of sp³-hybridized carbons (Fsp3) is 0.300. The molecule has 0 saturated carbocycles. The maximum atomic E-state index is 12.8. The molecule has 5 heteroatoms. The Morgan fingerprint density at radius 3 is 2.93 bits per heavy atom. The Labute approximate surface area is 87.9 Å². The molecule has 0 aromatic heterocycles. The first-order valence-electron chi connectivity index (χ1n) is 4.61. The van der Waals surface area contributed by atoms with Crippen LogP contribution in [0.15, 0.2) is 24.3 Å². The third kappa shape index (κ3) is 3.55. The summed E-state index contributed by atoms with van der Waals surface area (Å²) < 4.78 is 12.8. The molecule has 0 saturated heterocycles. The summed E-state index contributed by atoms with van der Waals surface area (Å²) in [7, 11) is 1.63. The fourth-order valence-electron chi connectivity index (χ4n) is 1.08. The lowest BCUT2D eigenvalue weighted by molar-refractivity contribution is 0.223. The number of carbonyl (C=O) groups excluding carboxylic acids is 1. The Bertz CT molecular complexity index is 343. The zero-order valence-electron chi connectivity index (χ0n) is 8.53.